The Balaban J connectivity index is 2.58. The first kappa shape index (κ1) is 12.7. The van der Waals surface area contributed by atoms with E-state index in [0.717, 1.165) is 6.92 Å². The minimum Gasteiger partial charge on any atom is -0.496 e. The third-order valence-corrected chi connectivity index (χ3v) is 4.00. The van der Waals surface area contributed by atoms with Crippen molar-refractivity contribution in [3.63, 3.8) is 0 Å². The van der Waals surface area contributed by atoms with Crippen molar-refractivity contribution in [2.24, 2.45) is 5.92 Å². The lowest BCUT2D eigenvalue weighted by atomic mass is 9.79. The van der Waals surface area contributed by atoms with Crippen molar-refractivity contribution in [2.45, 2.75) is 31.5 Å². The van der Waals surface area contributed by atoms with Gasteiger partial charge in [0.25, 0.3) is 0 Å². The zero-order valence-electron chi connectivity index (χ0n) is 14.4. The van der Waals surface area contributed by atoms with E-state index in [2.05, 4.69) is 9.47 Å². The highest BCUT2D eigenvalue weighted by molar-refractivity contribution is 5.82. The summed E-state index contributed by atoms with van der Waals surface area (Å²) in [5.41, 5.74) is -3.39. The van der Waals surface area contributed by atoms with Gasteiger partial charge in [-0.3, -0.25) is 4.79 Å². The number of hydrogen-bond acceptors (Lipinski definition) is 3. The smallest absolute Gasteiger partial charge is 0.428 e. The van der Waals surface area contributed by atoms with Gasteiger partial charge in [-0.05, 0) is 13.0 Å². The van der Waals surface area contributed by atoms with E-state index in [1.807, 2.05) is 0 Å². The molecule has 8 heteroatoms. The van der Waals surface area contributed by atoms with Crippen molar-refractivity contribution < 1.29 is 40.3 Å². The molecule has 1 aromatic rings. The summed E-state index contributed by atoms with van der Waals surface area (Å²) >= 11 is 0. The molecule has 1 heterocycles. The highest BCUT2D eigenvalue weighted by atomic mass is 19.4. The van der Waals surface area contributed by atoms with Gasteiger partial charge in [-0.25, -0.2) is 8.78 Å². The molecule has 1 aliphatic rings. The first-order chi connectivity index (χ1) is 11.2. The molecule has 0 aromatic heterocycles. The molecule has 0 amide bonds. The summed E-state index contributed by atoms with van der Waals surface area (Å²) in [6.45, 7) is 1.70. The van der Waals surface area contributed by atoms with Crippen LogP contribution < -0.4 is 4.74 Å². The number of hydrogen-bond donors (Lipinski definition) is 0. The molecule has 22 heavy (non-hydrogen) atoms. The van der Waals surface area contributed by atoms with Gasteiger partial charge in [-0.1, -0.05) is 6.92 Å². The third-order valence-electron chi connectivity index (χ3n) is 4.00. The number of halogens is 5. The van der Waals surface area contributed by atoms with Crippen LogP contribution in [0.4, 0.5) is 22.0 Å². The molecule has 0 radical (unpaired) electrons. The molecule has 3 atom stereocenters. The predicted octanol–water partition coefficient (Wildman–Crippen LogP) is 3.57. The first-order valence-corrected chi connectivity index (χ1v) is 6.15. The van der Waals surface area contributed by atoms with Crippen LogP contribution in [0, 0.1) is 17.6 Å². The van der Waals surface area contributed by atoms with Gasteiger partial charge in [0.15, 0.2) is 11.6 Å². The summed E-state index contributed by atoms with van der Waals surface area (Å²) in [6.07, 6.45) is -4.92. The Hall–Kier alpha value is -1.86. The fourth-order valence-electron chi connectivity index (χ4n) is 2.48. The Labute approximate surface area is 127 Å². The molecule has 1 aromatic carbocycles. The lowest BCUT2D eigenvalue weighted by Gasteiger charge is -2.30. The maximum Gasteiger partial charge on any atom is 0.428 e. The molecule has 1 saturated heterocycles. The molecule has 3 nitrogen and oxygen atoms in total. The van der Waals surface area contributed by atoms with Crippen LogP contribution in [0.25, 0.3) is 0 Å². The first-order valence-electron chi connectivity index (χ1n) is 7.65. The van der Waals surface area contributed by atoms with Crippen LogP contribution in [-0.4, -0.2) is 24.8 Å². The monoisotopic (exact) mass is 327 g/mol. The van der Waals surface area contributed by atoms with Gasteiger partial charge in [0.05, 0.1) is 17.1 Å². The quantitative estimate of drug-likeness (QED) is 0.615. The molecule has 2 rings (SSSR count). The van der Waals surface area contributed by atoms with Gasteiger partial charge in [-0.15, -0.1) is 0 Å². The molecule has 0 spiro atoms. The summed E-state index contributed by atoms with van der Waals surface area (Å²) < 4.78 is 96.8. The third kappa shape index (κ3) is 2.30. The number of esters is 1. The number of methoxy groups -OCH3 is 1. The normalized spacial score (nSPS) is 31.2. The van der Waals surface area contributed by atoms with E-state index in [4.69, 9.17) is 4.11 Å². The molecule has 0 N–H and O–H groups in total. The Morgan fingerprint density at radius 1 is 1.32 bits per heavy atom. The summed E-state index contributed by atoms with van der Waals surface area (Å²) in [5, 5.41) is 0. The largest absolute Gasteiger partial charge is 0.496 e. The second-order valence-electron chi connectivity index (χ2n) is 5.20. The van der Waals surface area contributed by atoms with Crippen molar-refractivity contribution in [3.8, 4) is 5.75 Å². The average Bonchev–Trinajstić information content (AvgIpc) is 2.63. The second-order valence-corrected chi connectivity index (χ2v) is 5.20. The average molecular weight is 327 g/mol. The second kappa shape index (κ2) is 5.10. The highest BCUT2D eigenvalue weighted by Crippen LogP contribution is 2.52. The topological polar surface area (TPSA) is 35.5 Å². The molecule has 0 unspecified atom stereocenters. The fraction of sp³-hybridized carbons (Fsp3) is 0.500. The van der Waals surface area contributed by atoms with Crippen LogP contribution in [0.3, 0.4) is 0 Å². The van der Waals surface area contributed by atoms with Gasteiger partial charge in [-0.2, -0.15) is 13.2 Å². The molecular formula is C14H13F5O3. The SMILES string of the molecule is [2H]C([2H])([2H])Oc1cc(F)c(F)cc1[C@H]1C(=O)O[C@@](C)(C(F)(F)F)[C@H]1C. The molecule has 0 saturated carbocycles. The Kier molecular flexibility index (Phi) is 2.94. The molecule has 0 aliphatic carbocycles. The molecule has 1 aliphatic heterocycles. The van der Waals surface area contributed by atoms with Crippen LogP contribution >= 0.6 is 0 Å². The Morgan fingerprint density at radius 3 is 2.41 bits per heavy atom. The summed E-state index contributed by atoms with van der Waals surface area (Å²) in [4.78, 5) is 12.0. The van der Waals surface area contributed by atoms with Crippen LogP contribution in [0.2, 0.25) is 0 Å². The number of carbonyl (C=O) groups excluding carboxylic acids is 1. The van der Waals surface area contributed by atoms with E-state index in [-0.39, 0.29) is 0 Å². The van der Waals surface area contributed by atoms with Gasteiger partial charge in [0.2, 0.25) is 5.60 Å². The van der Waals surface area contributed by atoms with E-state index in [0.29, 0.717) is 19.1 Å². The zero-order chi connectivity index (χ0) is 19.4. The number of benzene rings is 1. The van der Waals surface area contributed by atoms with E-state index >= 15 is 0 Å². The van der Waals surface area contributed by atoms with E-state index in [1.54, 1.807) is 0 Å². The van der Waals surface area contributed by atoms with Crippen LogP contribution in [-0.2, 0) is 9.53 Å². The molecule has 0 bridgehead atoms. The van der Waals surface area contributed by atoms with Crippen molar-refractivity contribution in [2.75, 3.05) is 7.04 Å². The maximum absolute atomic E-state index is 13.6. The number of carbonyl (C=O) groups is 1. The van der Waals surface area contributed by atoms with Crippen molar-refractivity contribution in [1.29, 1.82) is 0 Å². The zero-order valence-corrected chi connectivity index (χ0v) is 11.4. The van der Waals surface area contributed by atoms with E-state index in [1.165, 1.54) is 0 Å². The van der Waals surface area contributed by atoms with Gasteiger partial charge < -0.3 is 9.47 Å². The summed E-state index contributed by atoms with van der Waals surface area (Å²) in [5.74, 6) is -8.25. The fourth-order valence-corrected chi connectivity index (χ4v) is 2.48. The summed E-state index contributed by atoms with van der Waals surface area (Å²) in [7, 11) is -3.09. The molecule has 122 valence electrons. The summed E-state index contributed by atoms with van der Waals surface area (Å²) in [6, 6.07) is 0.821. The van der Waals surface area contributed by atoms with Crippen LogP contribution in [0.5, 0.6) is 5.75 Å². The Morgan fingerprint density at radius 2 is 1.91 bits per heavy atom. The lowest BCUT2D eigenvalue weighted by Crippen LogP contribution is -2.46. The van der Waals surface area contributed by atoms with Crippen molar-refractivity contribution in [3.05, 3.63) is 29.3 Å². The number of alkyl halides is 3. The van der Waals surface area contributed by atoms with E-state index < -0.39 is 59.6 Å². The van der Waals surface area contributed by atoms with Crippen molar-refractivity contribution >= 4 is 5.97 Å². The van der Waals surface area contributed by atoms with Gasteiger partial charge >= 0.3 is 12.1 Å². The van der Waals surface area contributed by atoms with Gasteiger partial charge in [0.1, 0.15) is 5.75 Å². The van der Waals surface area contributed by atoms with E-state index in [9.17, 15) is 26.7 Å². The van der Waals surface area contributed by atoms with Crippen LogP contribution in [0.1, 0.15) is 29.4 Å². The lowest BCUT2D eigenvalue weighted by molar-refractivity contribution is -0.262. The van der Waals surface area contributed by atoms with Crippen LogP contribution in [0.15, 0.2) is 12.1 Å². The number of cyclic esters (lactones) is 1. The number of rotatable bonds is 2. The highest BCUT2D eigenvalue weighted by Gasteiger charge is 2.65. The maximum atomic E-state index is 13.6. The number of ether oxygens (including phenoxy) is 2. The molecular weight excluding hydrogens is 311 g/mol. The predicted molar refractivity (Wildman–Crippen MR) is 65.4 cm³/mol. The minimum absolute atomic E-state index is 0.375. The standard InChI is InChI=1S/C14H13F5O3/c1-6-11(12(20)22-13(6,2)14(17,18)19)7-4-8(15)9(16)5-10(7)21-3/h4-6,11H,1-3H3/t6-,11-,13+/m0/s1/i3D3. The molecule has 1 fully saturated rings. The Bertz CT molecular complexity index is 704. The van der Waals surface area contributed by atoms with Crippen molar-refractivity contribution in [1.82, 2.24) is 0 Å². The van der Waals surface area contributed by atoms with Gasteiger partial charge in [0, 0.05) is 17.5 Å². The minimum atomic E-state index is -4.92.